The van der Waals surface area contributed by atoms with E-state index in [1.165, 1.54) is 10.9 Å². The molecule has 36 heavy (non-hydrogen) atoms. The standard InChI is InChI=1S/C27H28N6O3/c1-16-10-11-20-18(12-16)23-24(33(20)13-21(34)29-19-9-7-6-8-17(19)2)25(35)32(15-28-23)14-22-30-26(31-36-22)27(3,4)5/h6-12,15H,13-14H2,1-5H3,(H,29,34). The van der Waals surface area contributed by atoms with Crippen LogP contribution in [-0.4, -0.2) is 30.2 Å². The molecule has 0 aliphatic rings. The number of anilines is 1. The van der Waals surface area contributed by atoms with Crippen molar-refractivity contribution in [2.75, 3.05) is 5.32 Å². The Morgan fingerprint density at radius 1 is 1.11 bits per heavy atom. The summed E-state index contributed by atoms with van der Waals surface area (Å²) in [4.78, 5) is 35.8. The number of nitrogens with one attached hydrogen (secondary N) is 1. The second-order valence-corrected chi connectivity index (χ2v) is 10.1. The number of hydrogen-bond acceptors (Lipinski definition) is 6. The molecule has 0 saturated heterocycles. The fourth-order valence-electron chi connectivity index (χ4n) is 4.21. The Hall–Kier alpha value is -4.27. The third-order valence-electron chi connectivity index (χ3n) is 6.15. The molecule has 1 amide bonds. The van der Waals surface area contributed by atoms with E-state index in [2.05, 4.69) is 20.4 Å². The third kappa shape index (κ3) is 4.28. The van der Waals surface area contributed by atoms with Crippen molar-refractivity contribution in [1.29, 1.82) is 0 Å². The molecule has 0 spiro atoms. The second kappa shape index (κ2) is 8.75. The van der Waals surface area contributed by atoms with Crippen LogP contribution in [0.2, 0.25) is 0 Å². The normalized spacial score (nSPS) is 11.9. The van der Waals surface area contributed by atoms with Gasteiger partial charge in [-0.3, -0.25) is 14.2 Å². The molecule has 184 valence electrons. The van der Waals surface area contributed by atoms with Gasteiger partial charge in [0.15, 0.2) is 5.82 Å². The number of para-hydroxylation sites is 1. The predicted molar refractivity (Wildman–Crippen MR) is 138 cm³/mol. The van der Waals surface area contributed by atoms with Crippen LogP contribution in [0.1, 0.15) is 43.6 Å². The number of fused-ring (bicyclic) bond motifs is 3. The van der Waals surface area contributed by atoms with Crippen molar-refractivity contribution in [2.24, 2.45) is 0 Å². The summed E-state index contributed by atoms with van der Waals surface area (Å²) in [5, 5.41) is 7.83. The molecule has 0 saturated carbocycles. The van der Waals surface area contributed by atoms with E-state index >= 15 is 0 Å². The summed E-state index contributed by atoms with van der Waals surface area (Å²) in [6, 6.07) is 13.4. The van der Waals surface area contributed by atoms with Gasteiger partial charge < -0.3 is 14.4 Å². The van der Waals surface area contributed by atoms with Crippen LogP contribution in [0.3, 0.4) is 0 Å². The van der Waals surface area contributed by atoms with Crippen LogP contribution in [-0.2, 0) is 23.3 Å². The molecule has 5 rings (SSSR count). The highest BCUT2D eigenvalue weighted by Gasteiger charge is 2.23. The molecular formula is C27H28N6O3. The van der Waals surface area contributed by atoms with E-state index in [9.17, 15) is 9.59 Å². The summed E-state index contributed by atoms with van der Waals surface area (Å²) in [5.41, 5.74) is 3.86. The molecule has 1 N–H and O–H groups in total. The molecule has 3 aromatic heterocycles. The third-order valence-corrected chi connectivity index (χ3v) is 6.15. The van der Waals surface area contributed by atoms with E-state index < -0.39 is 0 Å². The Balaban J connectivity index is 1.58. The molecule has 9 nitrogen and oxygen atoms in total. The van der Waals surface area contributed by atoms with Crippen LogP contribution in [0.4, 0.5) is 5.69 Å². The first kappa shape index (κ1) is 23.5. The van der Waals surface area contributed by atoms with Crippen LogP contribution in [0.25, 0.3) is 21.9 Å². The van der Waals surface area contributed by atoms with E-state index in [1.54, 1.807) is 4.57 Å². The Morgan fingerprint density at radius 3 is 2.61 bits per heavy atom. The van der Waals surface area contributed by atoms with Crippen molar-refractivity contribution in [2.45, 2.75) is 53.1 Å². The first-order valence-corrected chi connectivity index (χ1v) is 11.8. The number of nitrogens with zero attached hydrogens (tertiary/aromatic N) is 5. The highest BCUT2D eigenvalue weighted by atomic mass is 16.5. The number of rotatable bonds is 5. The topological polar surface area (TPSA) is 108 Å². The van der Waals surface area contributed by atoms with Gasteiger partial charge in [0.05, 0.1) is 11.8 Å². The monoisotopic (exact) mass is 484 g/mol. The largest absolute Gasteiger partial charge is 0.337 e. The van der Waals surface area contributed by atoms with E-state index in [4.69, 9.17) is 4.52 Å². The van der Waals surface area contributed by atoms with Gasteiger partial charge in [0.25, 0.3) is 5.56 Å². The molecule has 5 aromatic rings. The van der Waals surface area contributed by atoms with Crippen LogP contribution in [0.5, 0.6) is 0 Å². The average molecular weight is 485 g/mol. The minimum atomic E-state index is -0.284. The molecule has 0 bridgehead atoms. The van der Waals surface area contributed by atoms with Crippen molar-refractivity contribution in [3.63, 3.8) is 0 Å². The highest BCUT2D eigenvalue weighted by molar-refractivity contribution is 6.06. The van der Waals surface area contributed by atoms with Crippen molar-refractivity contribution in [1.82, 2.24) is 24.3 Å². The van der Waals surface area contributed by atoms with Crippen molar-refractivity contribution >= 4 is 33.5 Å². The number of carbonyl (C=O) groups excluding carboxylic acids is 1. The molecule has 3 heterocycles. The fourth-order valence-corrected chi connectivity index (χ4v) is 4.21. The van der Waals surface area contributed by atoms with Gasteiger partial charge in [-0.25, -0.2) is 4.98 Å². The lowest BCUT2D eigenvalue weighted by molar-refractivity contribution is -0.116. The Labute approximate surface area is 207 Å². The van der Waals surface area contributed by atoms with Gasteiger partial charge in [-0.05, 0) is 37.6 Å². The minimum absolute atomic E-state index is 0.0347. The summed E-state index contributed by atoms with van der Waals surface area (Å²) in [5.74, 6) is 0.654. The number of hydrogen-bond donors (Lipinski definition) is 1. The zero-order valence-corrected chi connectivity index (χ0v) is 21.0. The summed E-state index contributed by atoms with van der Waals surface area (Å²) in [6.07, 6.45) is 1.49. The summed E-state index contributed by atoms with van der Waals surface area (Å²) in [6.45, 7) is 9.94. The smallest absolute Gasteiger partial charge is 0.278 e. The maximum absolute atomic E-state index is 13.7. The molecule has 0 fully saturated rings. The average Bonchev–Trinajstić information content (AvgIpc) is 3.41. The predicted octanol–water partition coefficient (Wildman–Crippen LogP) is 4.34. The molecule has 0 atom stereocenters. The lowest BCUT2D eigenvalue weighted by Gasteiger charge is -2.11. The van der Waals surface area contributed by atoms with Crippen LogP contribution in [0, 0.1) is 13.8 Å². The van der Waals surface area contributed by atoms with Gasteiger partial charge in [0, 0.05) is 16.5 Å². The van der Waals surface area contributed by atoms with Crippen molar-refractivity contribution in [3.05, 3.63) is 82.0 Å². The number of aryl methyl sites for hydroxylation is 2. The summed E-state index contributed by atoms with van der Waals surface area (Å²) in [7, 11) is 0. The molecule has 2 aromatic carbocycles. The quantitative estimate of drug-likeness (QED) is 0.398. The first-order valence-electron chi connectivity index (χ1n) is 11.8. The van der Waals surface area contributed by atoms with Crippen LogP contribution in [0.15, 0.2) is 58.1 Å². The van der Waals surface area contributed by atoms with Gasteiger partial charge >= 0.3 is 0 Å². The van der Waals surface area contributed by atoms with Gasteiger partial charge in [0.1, 0.15) is 24.1 Å². The highest BCUT2D eigenvalue weighted by Crippen LogP contribution is 2.27. The maximum atomic E-state index is 13.7. The first-order chi connectivity index (χ1) is 17.1. The van der Waals surface area contributed by atoms with E-state index in [1.807, 2.05) is 77.1 Å². The number of aromatic nitrogens is 5. The SMILES string of the molecule is Cc1ccc2c(c1)c1ncn(Cc3nc(C(C)(C)C)no3)c(=O)c1n2CC(=O)Nc1ccccc1C. The zero-order valence-electron chi connectivity index (χ0n) is 21.0. The lowest BCUT2D eigenvalue weighted by atomic mass is 9.96. The van der Waals surface area contributed by atoms with Gasteiger partial charge in [-0.1, -0.05) is 55.8 Å². The van der Waals surface area contributed by atoms with Crippen molar-refractivity contribution in [3.8, 4) is 0 Å². The van der Waals surface area contributed by atoms with Gasteiger partial charge in [-0.2, -0.15) is 4.98 Å². The lowest BCUT2D eigenvalue weighted by Crippen LogP contribution is -2.26. The zero-order chi connectivity index (χ0) is 25.6. The molecule has 0 radical (unpaired) electrons. The number of carbonyl (C=O) groups is 1. The molecule has 0 unspecified atom stereocenters. The van der Waals surface area contributed by atoms with E-state index in [0.29, 0.717) is 22.7 Å². The molecule has 0 aliphatic heterocycles. The van der Waals surface area contributed by atoms with Gasteiger partial charge in [-0.15, -0.1) is 0 Å². The van der Waals surface area contributed by atoms with Crippen LogP contribution < -0.4 is 10.9 Å². The molecule has 9 heteroatoms. The summed E-state index contributed by atoms with van der Waals surface area (Å²) >= 11 is 0. The molecule has 0 aliphatic carbocycles. The number of amides is 1. The van der Waals surface area contributed by atoms with E-state index in [0.717, 1.165) is 27.7 Å². The minimum Gasteiger partial charge on any atom is -0.337 e. The van der Waals surface area contributed by atoms with Crippen molar-refractivity contribution < 1.29 is 9.32 Å². The Kier molecular flexibility index (Phi) is 5.70. The van der Waals surface area contributed by atoms with Crippen LogP contribution >= 0.6 is 0 Å². The van der Waals surface area contributed by atoms with E-state index in [-0.39, 0.29) is 30.0 Å². The Morgan fingerprint density at radius 2 is 1.89 bits per heavy atom. The number of benzene rings is 2. The van der Waals surface area contributed by atoms with Gasteiger partial charge in [0.2, 0.25) is 11.8 Å². The summed E-state index contributed by atoms with van der Waals surface area (Å²) < 4.78 is 8.56. The maximum Gasteiger partial charge on any atom is 0.278 e. The Bertz CT molecular complexity index is 1670. The molecular weight excluding hydrogens is 456 g/mol. The fraction of sp³-hybridized carbons (Fsp3) is 0.296. The second-order valence-electron chi connectivity index (χ2n) is 10.1.